The third kappa shape index (κ3) is 7.05. The summed E-state index contributed by atoms with van der Waals surface area (Å²) in [6, 6.07) is 14.7. The number of fused-ring (bicyclic) bond motifs is 1. The quantitative estimate of drug-likeness (QED) is 0.515. The van der Waals surface area contributed by atoms with Crippen molar-refractivity contribution in [2.45, 2.75) is 27.2 Å². The molecule has 0 bridgehead atoms. The van der Waals surface area contributed by atoms with Crippen LogP contribution in [0.3, 0.4) is 0 Å². The molecule has 110 valence electrons. The Labute approximate surface area is 160 Å². The average Bonchev–Trinajstić information content (AvgIpc) is 3.00. The molecule has 0 amide bonds. The van der Waals surface area contributed by atoms with Gasteiger partial charge in [0.1, 0.15) is 0 Å². The Bertz CT molecular complexity index is 544. The van der Waals surface area contributed by atoms with Crippen LogP contribution in [0.25, 0.3) is 10.8 Å². The molecule has 3 heteroatoms. The van der Waals surface area contributed by atoms with Gasteiger partial charge in [-0.2, -0.15) is 29.2 Å². The minimum atomic E-state index is 0. The second kappa shape index (κ2) is 10.5. The van der Waals surface area contributed by atoms with Gasteiger partial charge in [-0.1, -0.05) is 32.3 Å². The Morgan fingerprint density at radius 3 is 2.19 bits per heavy atom. The maximum absolute atomic E-state index is 3.16. The van der Waals surface area contributed by atoms with Crippen molar-refractivity contribution in [3.63, 3.8) is 0 Å². The summed E-state index contributed by atoms with van der Waals surface area (Å²) in [7, 11) is 0. The van der Waals surface area contributed by atoms with E-state index in [-0.39, 0.29) is 51.0 Å². The van der Waals surface area contributed by atoms with Gasteiger partial charge in [-0.25, -0.2) is 6.08 Å². The van der Waals surface area contributed by atoms with Gasteiger partial charge in [0, 0.05) is 0 Å². The molecule has 0 fully saturated rings. The van der Waals surface area contributed by atoms with E-state index in [0.29, 0.717) is 5.41 Å². The fourth-order valence-electron chi connectivity index (χ4n) is 1.99. The molecule has 0 saturated carbocycles. The van der Waals surface area contributed by atoms with E-state index in [2.05, 4.69) is 81.5 Å². The Balaban J connectivity index is 0. The second-order valence-corrected chi connectivity index (χ2v) is 5.62. The summed E-state index contributed by atoms with van der Waals surface area (Å²) < 4.78 is 0. The molecule has 0 nitrogen and oxygen atoms in total. The van der Waals surface area contributed by atoms with Gasteiger partial charge in [-0.05, 0) is 0 Å². The van der Waals surface area contributed by atoms with Gasteiger partial charge in [-0.3, -0.25) is 6.08 Å². The summed E-state index contributed by atoms with van der Waals surface area (Å²) >= 11 is 0. The fraction of sp³-hybridized carbons (Fsp3) is 0.278. The van der Waals surface area contributed by atoms with Crippen LogP contribution < -0.4 is 24.8 Å². The van der Waals surface area contributed by atoms with Gasteiger partial charge in [0.15, 0.2) is 0 Å². The SMILES string of the molecule is CC(C)(C)C1=CC[C-]=C1.[Cl-].[Cl-].[Zr+4].c1ccc2[cH-]ccc2c1. The zero-order valence-electron chi connectivity index (χ0n) is 12.7. The molecule has 21 heavy (non-hydrogen) atoms. The number of allylic oxidation sites excluding steroid dienone is 4. The summed E-state index contributed by atoms with van der Waals surface area (Å²) in [5.74, 6) is 0. The molecule has 0 aromatic heterocycles. The molecule has 2 aromatic rings. The maximum Gasteiger partial charge on any atom is 4.00 e. The summed E-state index contributed by atoms with van der Waals surface area (Å²) in [5.41, 5.74) is 1.74. The Hall–Kier alpha value is -0.227. The van der Waals surface area contributed by atoms with Crippen LogP contribution in [0.4, 0.5) is 0 Å². The number of hydrogen-bond acceptors (Lipinski definition) is 0. The van der Waals surface area contributed by atoms with Crippen molar-refractivity contribution >= 4 is 10.8 Å². The molecule has 0 spiro atoms. The third-order valence-corrected chi connectivity index (χ3v) is 3.11. The van der Waals surface area contributed by atoms with Crippen molar-refractivity contribution in [2.24, 2.45) is 5.41 Å². The number of benzene rings is 1. The number of rotatable bonds is 0. The summed E-state index contributed by atoms with van der Waals surface area (Å²) in [4.78, 5) is 0. The van der Waals surface area contributed by atoms with E-state index in [1.807, 2.05) is 0 Å². The van der Waals surface area contributed by atoms with Crippen LogP contribution in [0.15, 0.2) is 60.2 Å². The average molecular weight is 398 g/mol. The minimum absolute atomic E-state index is 0. The van der Waals surface area contributed by atoms with Crippen LogP contribution in [0.5, 0.6) is 0 Å². The third-order valence-electron chi connectivity index (χ3n) is 3.11. The van der Waals surface area contributed by atoms with E-state index in [1.165, 1.54) is 16.3 Å². The molecule has 3 rings (SSSR count). The Morgan fingerprint density at radius 2 is 1.71 bits per heavy atom. The van der Waals surface area contributed by atoms with Gasteiger partial charge >= 0.3 is 26.2 Å². The predicted octanol–water partition coefficient (Wildman–Crippen LogP) is -0.714. The van der Waals surface area contributed by atoms with Crippen molar-refractivity contribution in [3.8, 4) is 0 Å². The summed E-state index contributed by atoms with van der Waals surface area (Å²) in [5, 5.41) is 2.66. The summed E-state index contributed by atoms with van der Waals surface area (Å²) in [6.07, 6.45) is 8.50. The van der Waals surface area contributed by atoms with Crippen molar-refractivity contribution in [1.82, 2.24) is 0 Å². The first-order valence-corrected chi connectivity index (χ1v) is 6.45. The van der Waals surface area contributed by atoms with Crippen molar-refractivity contribution < 1.29 is 51.0 Å². The monoisotopic (exact) mass is 396 g/mol. The first-order valence-electron chi connectivity index (χ1n) is 6.45. The molecule has 0 radical (unpaired) electrons. The van der Waals surface area contributed by atoms with E-state index in [4.69, 9.17) is 0 Å². The van der Waals surface area contributed by atoms with Crippen LogP contribution in [-0.4, -0.2) is 0 Å². The van der Waals surface area contributed by atoms with Crippen molar-refractivity contribution in [3.05, 3.63) is 66.3 Å². The molecular formula is C18H20Cl2Zr. The van der Waals surface area contributed by atoms with E-state index in [9.17, 15) is 0 Å². The molecule has 0 atom stereocenters. The van der Waals surface area contributed by atoms with Crippen LogP contribution >= 0.6 is 0 Å². The van der Waals surface area contributed by atoms with E-state index in [0.717, 1.165) is 6.42 Å². The van der Waals surface area contributed by atoms with Crippen molar-refractivity contribution in [1.29, 1.82) is 0 Å². The molecule has 0 N–H and O–H groups in total. The number of halogens is 2. The summed E-state index contributed by atoms with van der Waals surface area (Å²) in [6.45, 7) is 6.67. The van der Waals surface area contributed by atoms with Gasteiger partial charge < -0.3 is 24.8 Å². The zero-order valence-corrected chi connectivity index (χ0v) is 16.6. The van der Waals surface area contributed by atoms with E-state index in [1.54, 1.807) is 0 Å². The van der Waals surface area contributed by atoms with Gasteiger partial charge in [0.25, 0.3) is 0 Å². The topological polar surface area (TPSA) is 0 Å². The molecule has 0 aliphatic heterocycles. The van der Waals surface area contributed by atoms with Crippen LogP contribution in [0.2, 0.25) is 0 Å². The van der Waals surface area contributed by atoms with Gasteiger partial charge in [0.2, 0.25) is 0 Å². The first kappa shape index (κ1) is 23.0. The molecule has 0 saturated heterocycles. The smallest absolute Gasteiger partial charge is 1.00 e. The molecular weight excluding hydrogens is 378 g/mol. The van der Waals surface area contributed by atoms with E-state index >= 15 is 0 Å². The van der Waals surface area contributed by atoms with Crippen LogP contribution in [0.1, 0.15) is 27.2 Å². The maximum atomic E-state index is 3.16. The molecule has 0 unspecified atom stereocenters. The minimum Gasteiger partial charge on any atom is -1.00 e. The first-order chi connectivity index (χ1) is 8.57. The van der Waals surface area contributed by atoms with Crippen LogP contribution in [-0.2, 0) is 26.2 Å². The molecule has 2 aromatic carbocycles. The normalized spacial score (nSPS) is 12.2. The Morgan fingerprint density at radius 1 is 1.05 bits per heavy atom. The largest absolute Gasteiger partial charge is 4.00 e. The molecule has 0 heterocycles. The standard InChI is InChI=1S/C9H7.C9H13.2ClH.Zr/c1-2-5-9-7-3-6-8(9)4-1;1-9(2,3)8-6-4-5-7-8;;;/h1-7H;6-7H,4H2,1-3H3;2*1H;/q2*-1;;;+4/p-2. The molecule has 1 aliphatic carbocycles. The fourth-order valence-corrected chi connectivity index (χ4v) is 1.99. The Kier molecular flexibility index (Phi) is 11.5. The zero-order chi connectivity index (χ0) is 13.0. The number of hydrogen-bond donors (Lipinski definition) is 0. The van der Waals surface area contributed by atoms with Crippen LogP contribution in [0, 0.1) is 11.5 Å². The molecule has 1 aliphatic rings. The second-order valence-electron chi connectivity index (χ2n) is 5.62. The van der Waals surface area contributed by atoms with Gasteiger partial charge in [0.05, 0.1) is 0 Å². The van der Waals surface area contributed by atoms with E-state index < -0.39 is 0 Å². The van der Waals surface area contributed by atoms with Gasteiger partial charge in [-0.15, -0.1) is 36.1 Å². The predicted molar refractivity (Wildman–Crippen MR) is 79.5 cm³/mol. The van der Waals surface area contributed by atoms with Crippen molar-refractivity contribution in [2.75, 3.05) is 0 Å².